The van der Waals surface area contributed by atoms with E-state index in [4.69, 9.17) is 11.6 Å². The monoisotopic (exact) mass is 390 g/mol. The number of piperidine rings is 1. The lowest BCUT2D eigenvalue weighted by Gasteiger charge is -2.38. The number of carbonyl (C=O) groups excluding carboxylic acids is 1. The lowest BCUT2D eigenvalue weighted by atomic mass is 9.83. The van der Waals surface area contributed by atoms with Gasteiger partial charge in [0.05, 0.1) is 0 Å². The van der Waals surface area contributed by atoms with E-state index in [9.17, 15) is 19.1 Å². The van der Waals surface area contributed by atoms with Gasteiger partial charge in [-0.1, -0.05) is 17.7 Å². The standard InChI is InChI=1S/C20H20ClFN2O3/c1-12-10-15(22)6-7-16(12)17-11-24(20(26)27)9-8-18(17)23-19(25)13-2-4-14(21)5-3-13/h2-7,10,17-18H,8-9,11H2,1H3,(H,23,25)(H,26,27). The molecule has 0 aliphatic carbocycles. The van der Waals surface area contributed by atoms with Crippen LogP contribution in [0.2, 0.25) is 5.02 Å². The van der Waals surface area contributed by atoms with Gasteiger partial charge in [0.1, 0.15) is 5.82 Å². The number of amides is 2. The molecule has 3 rings (SSSR count). The van der Waals surface area contributed by atoms with Crippen LogP contribution in [0.3, 0.4) is 0 Å². The average molecular weight is 391 g/mol. The summed E-state index contributed by atoms with van der Waals surface area (Å²) in [6, 6.07) is 10.8. The summed E-state index contributed by atoms with van der Waals surface area (Å²) in [5, 5.41) is 12.9. The van der Waals surface area contributed by atoms with Crippen molar-refractivity contribution in [3.63, 3.8) is 0 Å². The van der Waals surface area contributed by atoms with Gasteiger partial charge in [0.15, 0.2) is 0 Å². The fraction of sp³-hybridized carbons (Fsp3) is 0.300. The second kappa shape index (κ2) is 7.96. The van der Waals surface area contributed by atoms with Crippen LogP contribution >= 0.6 is 11.6 Å². The highest BCUT2D eigenvalue weighted by atomic mass is 35.5. The van der Waals surface area contributed by atoms with Gasteiger partial charge in [-0.15, -0.1) is 0 Å². The number of nitrogens with one attached hydrogen (secondary N) is 1. The molecule has 1 fully saturated rings. The molecule has 1 aliphatic rings. The fourth-order valence-corrected chi connectivity index (χ4v) is 3.65. The lowest BCUT2D eigenvalue weighted by molar-refractivity contribution is 0.0888. The molecule has 2 aromatic rings. The molecule has 2 aromatic carbocycles. The van der Waals surface area contributed by atoms with E-state index in [1.165, 1.54) is 17.0 Å². The molecule has 2 unspecified atom stereocenters. The third-order valence-electron chi connectivity index (χ3n) is 4.94. The van der Waals surface area contributed by atoms with Crippen molar-refractivity contribution >= 4 is 23.6 Å². The van der Waals surface area contributed by atoms with Crippen molar-refractivity contribution in [1.82, 2.24) is 10.2 Å². The normalized spacial score (nSPS) is 19.6. The predicted octanol–water partition coefficient (Wildman–Crippen LogP) is 4.05. The first kappa shape index (κ1) is 19.2. The molecule has 27 heavy (non-hydrogen) atoms. The number of aryl methyl sites for hydroxylation is 1. The first-order chi connectivity index (χ1) is 12.8. The SMILES string of the molecule is Cc1cc(F)ccc1C1CN(C(=O)O)CCC1NC(=O)c1ccc(Cl)cc1. The molecule has 0 bridgehead atoms. The van der Waals surface area contributed by atoms with Crippen molar-refractivity contribution in [3.05, 3.63) is 70.0 Å². The van der Waals surface area contributed by atoms with Crippen molar-refractivity contribution in [3.8, 4) is 0 Å². The molecule has 1 saturated heterocycles. The number of benzene rings is 2. The maximum Gasteiger partial charge on any atom is 0.407 e. The summed E-state index contributed by atoms with van der Waals surface area (Å²) in [7, 11) is 0. The minimum atomic E-state index is -0.998. The molecule has 0 spiro atoms. The summed E-state index contributed by atoms with van der Waals surface area (Å²) in [5.74, 6) is -0.846. The van der Waals surface area contributed by atoms with Gasteiger partial charge in [-0.05, 0) is 60.9 Å². The van der Waals surface area contributed by atoms with E-state index in [2.05, 4.69) is 5.32 Å². The highest BCUT2D eigenvalue weighted by molar-refractivity contribution is 6.30. The number of nitrogens with zero attached hydrogens (tertiary/aromatic N) is 1. The Bertz CT molecular complexity index is 857. The first-order valence-electron chi connectivity index (χ1n) is 8.65. The van der Waals surface area contributed by atoms with Crippen LogP contribution in [0.4, 0.5) is 9.18 Å². The molecule has 1 aliphatic heterocycles. The summed E-state index contributed by atoms with van der Waals surface area (Å²) >= 11 is 5.86. The lowest BCUT2D eigenvalue weighted by Crippen LogP contribution is -2.51. The Balaban J connectivity index is 1.85. The molecular weight excluding hydrogens is 371 g/mol. The van der Waals surface area contributed by atoms with Crippen molar-refractivity contribution < 1.29 is 19.1 Å². The smallest absolute Gasteiger partial charge is 0.407 e. The highest BCUT2D eigenvalue weighted by Crippen LogP contribution is 2.30. The van der Waals surface area contributed by atoms with Gasteiger partial charge in [0.2, 0.25) is 0 Å². The Morgan fingerprint density at radius 2 is 1.93 bits per heavy atom. The Hall–Kier alpha value is -2.60. The summed E-state index contributed by atoms with van der Waals surface area (Å²) in [6.07, 6.45) is -0.519. The van der Waals surface area contributed by atoms with E-state index in [1.54, 1.807) is 37.3 Å². The molecule has 2 N–H and O–H groups in total. The minimum absolute atomic E-state index is 0.243. The molecule has 2 amide bonds. The zero-order valence-electron chi connectivity index (χ0n) is 14.8. The quantitative estimate of drug-likeness (QED) is 0.830. The highest BCUT2D eigenvalue weighted by Gasteiger charge is 2.34. The maximum absolute atomic E-state index is 13.5. The van der Waals surface area contributed by atoms with E-state index >= 15 is 0 Å². The van der Waals surface area contributed by atoms with Crippen LogP contribution in [-0.4, -0.2) is 41.1 Å². The number of halogens is 2. The molecule has 7 heteroatoms. The van der Waals surface area contributed by atoms with Gasteiger partial charge in [-0.3, -0.25) is 4.79 Å². The van der Waals surface area contributed by atoms with E-state index in [0.29, 0.717) is 23.6 Å². The van der Waals surface area contributed by atoms with Gasteiger partial charge in [0, 0.05) is 35.6 Å². The summed E-state index contributed by atoms with van der Waals surface area (Å²) in [6.45, 7) is 2.36. The van der Waals surface area contributed by atoms with Crippen molar-refractivity contribution in [1.29, 1.82) is 0 Å². The average Bonchev–Trinajstić information content (AvgIpc) is 2.62. The molecular formula is C20H20ClFN2O3. The largest absolute Gasteiger partial charge is 0.465 e. The van der Waals surface area contributed by atoms with Gasteiger partial charge in [-0.2, -0.15) is 0 Å². The Kier molecular flexibility index (Phi) is 5.65. The van der Waals surface area contributed by atoms with Gasteiger partial charge in [0.25, 0.3) is 5.91 Å². The zero-order chi connectivity index (χ0) is 19.6. The van der Waals surface area contributed by atoms with Crippen LogP contribution in [0, 0.1) is 12.7 Å². The van der Waals surface area contributed by atoms with E-state index in [1.807, 2.05) is 0 Å². The summed E-state index contributed by atoms with van der Waals surface area (Å²) in [4.78, 5) is 25.4. The molecule has 5 nitrogen and oxygen atoms in total. The second-order valence-electron chi connectivity index (χ2n) is 6.71. The Morgan fingerprint density at radius 1 is 1.22 bits per heavy atom. The minimum Gasteiger partial charge on any atom is -0.465 e. The Labute approximate surface area is 161 Å². The molecule has 0 radical (unpaired) electrons. The van der Waals surface area contributed by atoms with E-state index in [0.717, 1.165) is 11.1 Å². The third kappa shape index (κ3) is 4.39. The van der Waals surface area contributed by atoms with Gasteiger partial charge in [-0.25, -0.2) is 9.18 Å². The zero-order valence-corrected chi connectivity index (χ0v) is 15.5. The molecule has 142 valence electrons. The topological polar surface area (TPSA) is 69.6 Å². The number of rotatable bonds is 3. The Morgan fingerprint density at radius 3 is 2.56 bits per heavy atom. The van der Waals surface area contributed by atoms with E-state index in [-0.39, 0.29) is 30.2 Å². The summed E-state index contributed by atoms with van der Waals surface area (Å²) in [5.41, 5.74) is 2.05. The number of carbonyl (C=O) groups is 2. The van der Waals surface area contributed by atoms with Crippen LogP contribution in [0.15, 0.2) is 42.5 Å². The van der Waals surface area contributed by atoms with Crippen molar-refractivity contribution in [2.75, 3.05) is 13.1 Å². The summed E-state index contributed by atoms with van der Waals surface area (Å²) < 4.78 is 13.5. The van der Waals surface area contributed by atoms with Crippen LogP contribution in [0.1, 0.15) is 33.8 Å². The fourth-order valence-electron chi connectivity index (χ4n) is 3.52. The first-order valence-corrected chi connectivity index (χ1v) is 9.03. The van der Waals surface area contributed by atoms with Gasteiger partial charge >= 0.3 is 6.09 Å². The maximum atomic E-state index is 13.5. The predicted molar refractivity (Wildman–Crippen MR) is 101 cm³/mol. The third-order valence-corrected chi connectivity index (χ3v) is 5.19. The number of hydrogen-bond acceptors (Lipinski definition) is 2. The molecule has 2 atom stereocenters. The number of likely N-dealkylation sites (tertiary alicyclic amines) is 1. The van der Waals surface area contributed by atoms with Crippen LogP contribution in [-0.2, 0) is 0 Å². The van der Waals surface area contributed by atoms with Crippen molar-refractivity contribution in [2.45, 2.75) is 25.3 Å². The van der Waals surface area contributed by atoms with Crippen LogP contribution < -0.4 is 5.32 Å². The van der Waals surface area contributed by atoms with E-state index < -0.39 is 6.09 Å². The number of hydrogen-bond donors (Lipinski definition) is 2. The second-order valence-corrected chi connectivity index (χ2v) is 7.15. The molecule has 0 saturated carbocycles. The molecule has 0 aromatic heterocycles. The van der Waals surface area contributed by atoms with Gasteiger partial charge < -0.3 is 15.3 Å². The van der Waals surface area contributed by atoms with Crippen LogP contribution in [0.25, 0.3) is 0 Å². The number of carboxylic acid groups (broad SMARTS) is 1. The molecule has 1 heterocycles. The van der Waals surface area contributed by atoms with Crippen LogP contribution in [0.5, 0.6) is 0 Å². The van der Waals surface area contributed by atoms with Crippen molar-refractivity contribution in [2.24, 2.45) is 0 Å².